The molecule has 2 rings (SSSR count). The van der Waals surface area contributed by atoms with E-state index in [1.54, 1.807) is 0 Å². The molecule has 2 fully saturated rings. The van der Waals surface area contributed by atoms with Crippen molar-refractivity contribution < 1.29 is 0 Å². The Hall–Kier alpha value is -0.0800. The van der Waals surface area contributed by atoms with Crippen LogP contribution in [-0.2, 0) is 0 Å². The molecule has 3 atom stereocenters. The molecule has 0 aromatic heterocycles. The molecule has 2 saturated carbocycles. The molecular weight excluding hydrogens is 232 g/mol. The summed E-state index contributed by atoms with van der Waals surface area (Å²) in [6.45, 7) is 2.45. The molecule has 0 radical (unpaired) electrons. The molecule has 0 heterocycles. The van der Waals surface area contributed by atoms with Crippen molar-refractivity contribution in [2.45, 2.75) is 76.3 Å². The van der Waals surface area contributed by atoms with Crippen LogP contribution in [0.2, 0.25) is 0 Å². The van der Waals surface area contributed by atoms with E-state index >= 15 is 0 Å². The molecule has 0 aromatic rings. The highest BCUT2D eigenvalue weighted by molar-refractivity contribution is 5.03. The molecule has 0 saturated heterocycles. The maximum Gasteiger partial charge on any atom is 0.0359 e. The molecule has 0 aliphatic heterocycles. The van der Waals surface area contributed by atoms with Crippen molar-refractivity contribution in [1.82, 2.24) is 10.2 Å². The minimum Gasteiger partial charge on any atom is -0.315 e. The predicted octanol–water partition coefficient (Wildman–Crippen LogP) is 3.67. The Bertz CT molecular complexity index is 268. The van der Waals surface area contributed by atoms with E-state index in [4.69, 9.17) is 0 Å². The van der Waals surface area contributed by atoms with Gasteiger partial charge in [-0.05, 0) is 58.7 Å². The second-order valence-electron chi connectivity index (χ2n) is 7.36. The van der Waals surface area contributed by atoms with Crippen LogP contribution in [0.4, 0.5) is 0 Å². The minimum atomic E-state index is 0.411. The molecule has 112 valence electrons. The van der Waals surface area contributed by atoms with E-state index in [2.05, 4.69) is 38.3 Å². The lowest BCUT2D eigenvalue weighted by Crippen LogP contribution is -2.62. The summed E-state index contributed by atoms with van der Waals surface area (Å²) in [6.07, 6.45) is 12.8. The van der Waals surface area contributed by atoms with E-state index < -0.39 is 0 Å². The lowest BCUT2D eigenvalue weighted by Gasteiger charge is -2.52. The topological polar surface area (TPSA) is 15.3 Å². The SMILES string of the molecule is CNC(C1CCCC(C)C1)C1(N(C)C)CCCCC1. The fraction of sp³-hybridized carbons (Fsp3) is 1.00. The lowest BCUT2D eigenvalue weighted by molar-refractivity contribution is 0.0222. The molecule has 2 heteroatoms. The van der Waals surface area contributed by atoms with Crippen LogP contribution in [0, 0.1) is 11.8 Å². The van der Waals surface area contributed by atoms with Crippen LogP contribution in [-0.4, -0.2) is 37.6 Å². The zero-order valence-corrected chi connectivity index (χ0v) is 13.5. The Labute approximate surface area is 120 Å². The van der Waals surface area contributed by atoms with Gasteiger partial charge in [0.15, 0.2) is 0 Å². The molecule has 0 spiro atoms. The normalized spacial score (nSPS) is 33.3. The van der Waals surface area contributed by atoms with Gasteiger partial charge in [-0.2, -0.15) is 0 Å². The molecular formula is C17H34N2. The first-order valence-electron chi connectivity index (χ1n) is 8.45. The Morgan fingerprint density at radius 2 is 1.74 bits per heavy atom. The Kier molecular flexibility index (Phi) is 5.30. The zero-order chi connectivity index (χ0) is 13.9. The number of rotatable bonds is 4. The number of hydrogen-bond donors (Lipinski definition) is 1. The third-order valence-electron chi connectivity index (χ3n) is 5.95. The molecule has 0 amide bonds. The molecule has 3 unspecified atom stereocenters. The van der Waals surface area contributed by atoms with Gasteiger partial charge in [0.1, 0.15) is 0 Å². The lowest BCUT2D eigenvalue weighted by atomic mass is 9.66. The van der Waals surface area contributed by atoms with Gasteiger partial charge in [-0.1, -0.05) is 39.0 Å². The first-order chi connectivity index (χ1) is 9.10. The molecule has 2 aliphatic rings. The number of likely N-dealkylation sites (N-methyl/N-ethyl adjacent to an activating group) is 2. The highest BCUT2D eigenvalue weighted by Gasteiger charge is 2.44. The minimum absolute atomic E-state index is 0.411. The first kappa shape index (κ1) is 15.3. The maximum atomic E-state index is 3.74. The van der Waals surface area contributed by atoms with Gasteiger partial charge in [0, 0.05) is 11.6 Å². The molecule has 2 nitrogen and oxygen atoms in total. The van der Waals surface area contributed by atoms with Gasteiger partial charge in [0.25, 0.3) is 0 Å². The van der Waals surface area contributed by atoms with Crippen LogP contribution in [0.15, 0.2) is 0 Å². The summed E-state index contributed by atoms with van der Waals surface area (Å²) in [4.78, 5) is 2.55. The summed E-state index contributed by atoms with van der Waals surface area (Å²) >= 11 is 0. The predicted molar refractivity (Wildman–Crippen MR) is 83.5 cm³/mol. The average Bonchev–Trinajstić information content (AvgIpc) is 2.40. The van der Waals surface area contributed by atoms with Crippen LogP contribution in [0.1, 0.15) is 64.7 Å². The fourth-order valence-corrected chi connectivity index (χ4v) is 4.93. The van der Waals surface area contributed by atoms with Crippen molar-refractivity contribution in [3.05, 3.63) is 0 Å². The number of hydrogen-bond acceptors (Lipinski definition) is 2. The second-order valence-corrected chi connectivity index (χ2v) is 7.36. The van der Waals surface area contributed by atoms with E-state index in [0.29, 0.717) is 11.6 Å². The van der Waals surface area contributed by atoms with Crippen LogP contribution < -0.4 is 5.32 Å². The van der Waals surface area contributed by atoms with Gasteiger partial charge in [-0.15, -0.1) is 0 Å². The summed E-state index contributed by atoms with van der Waals surface area (Å²) in [6, 6.07) is 0.686. The maximum absolute atomic E-state index is 3.74. The van der Waals surface area contributed by atoms with Crippen LogP contribution >= 0.6 is 0 Å². The summed E-state index contributed by atoms with van der Waals surface area (Å²) in [5, 5.41) is 3.74. The van der Waals surface area contributed by atoms with Gasteiger partial charge in [0.2, 0.25) is 0 Å². The highest BCUT2D eigenvalue weighted by Crippen LogP contribution is 2.42. The quantitative estimate of drug-likeness (QED) is 0.835. The third kappa shape index (κ3) is 3.16. The monoisotopic (exact) mass is 266 g/mol. The van der Waals surface area contributed by atoms with Gasteiger partial charge in [-0.3, -0.25) is 0 Å². The standard InChI is InChI=1S/C17H34N2/c1-14-9-8-10-15(13-14)16(18-2)17(19(3)4)11-6-5-7-12-17/h14-16,18H,5-13H2,1-4H3. The summed E-state index contributed by atoms with van der Waals surface area (Å²) in [5.41, 5.74) is 0.411. The van der Waals surface area contributed by atoms with Crippen molar-refractivity contribution in [2.24, 2.45) is 11.8 Å². The summed E-state index contributed by atoms with van der Waals surface area (Å²) in [5.74, 6) is 1.81. The van der Waals surface area contributed by atoms with Crippen molar-refractivity contribution >= 4 is 0 Å². The Balaban J connectivity index is 2.16. The Morgan fingerprint density at radius 1 is 1.05 bits per heavy atom. The van der Waals surface area contributed by atoms with Crippen molar-refractivity contribution in [3.63, 3.8) is 0 Å². The molecule has 0 bridgehead atoms. The zero-order valence-electron chi connectivity index (χ0n) is 13.5. The number of nitrogens with zero attached hydrogens (tertiary/aromatic N) is 1. The van der Waals surface area contributed by atoms with E-state index in [1.807, 2.05) is 0 Å². The smallest absolute Gasteiger partial charge is 0.0359 e. The van der Waals surface area contributed by atoms with Crippen LogP contribution in [0.3, 0.4) is 0 Å². The van der Waals surface area contributed by atoms with E-state index in [0.717, 1.165) is 11.8 Å². The second kappa shape index (κ2) is 6.58. The van der Waals surface area contributed by atoms with Crippen LogP contribution in [0.5, 0.6) is 0 Å². The van der Waals surface area contributed by atoms with Gasteiger partial charge in [0.05, 0.1) is 0 Å². The summed E-state index contributed by atoms with van der Waals surface area (Å²) < 4.78 is 0. The fourth-order valence-electron chi connectivity index (χ4n) is 4.93. The van der Waals surface area contributed by atoms with Gasteiger partial charge in [-0.25, -0.2) is 0 Å². The molecule has 1 N–H and O–H groups in total. The first-order valence-corrected chi connectivity index (χ1v) is 8.45. The van der Waals surface area contributed by atoms with E-state index in [9.17, 15) is 0 Å². The van der Waals surface area contributed by atoms with Crippen molar-refractivity contribution in [3.8, 4) is 0 Å². The highest BCUT2D eigenvalue weighted by atomic mass is 15.2. The van der Waals surface area contributed by atoms with Gasteiger partial charge < -0.3 is 10.2 Å². The largest absolute Gasteiger partial charge is 0.315 e. The number of nitrogens with one attached hydrogen (secondary N) is 1. The molecule has 0 aromatic carbocycles. The molecule has 19 heavy (non-hydrogen) atoms. The Morgan fingerprint density at radius 3 is 2.26 bits per heavy atom. The van der Waals surface area contributed by atoms with Crippen molar-refractivity contribution in [2.75, 3.05) is 21.1 Å². The molecule has 2 aliphatic carbocycles. The van der Waals surface area contributed by atoms with Gasteiger partial charge >= 0.3 is 0 Å². The van der Waals surface area contributed by atoms with E-state index in [1.165, 1.54) is 57.8 Å². The van der Waals surface area contributed by atoms with E-state index in [-0.39, 0.29) is 0 Å². The van der Waals surface area contributed by atoms with Crippen LogP contribution in [0.25, 0.3) is 0 Å². The van der Waals surface area contributed by atoms with Crippen molar-refractivity contribution in [1.29, 1.82) is 0 Å². The average molecular weight is 266 g/mol. The third-order valence-corrected chi connectivity index (χ3v) is 5.95. The summed E-state index contributed by atoms with van der Waals surface area (Å²) in [7, 11) is 6.81.